The molecule has 1 N–H and O–H groups in total. The highest BCUT2D eigenvalue weighted by molar-refractivity contribution is 9.10. The zero-order chi connectivity index (χ0) is 16.4. The average molecular weight is 395 g/mol. The molecule has 0 fully saturated rings. The number of benzene rings is 2. The zero-order valence-electron chi connectivity index (χ0n) is 12.9. The maximum atomic E-state index is 12.3. The topological polar surface area (TPSA) is 49.4 Å². The van der Waals surface area contributed by atoms with Gasteiger partial charge in [0.25, 0.3) is 0 Å². The van der Waals surface area contributed by atoms with Crippen LogP contribution in [0.15, 0.2) is 53.0 Å². The van der Waals surface area contributed by atoms with Crippen molar-refractivity contribution in [1.29, 1.82) is 0 Å². The van der Waals surface area contributed by atoms with Gasteiger partial charge in [0.05, 0.1) is 6.26 Å². The Balaban J connectivity index is 1.87. The molecule has 2 aromatic rings. The molecule has 122 valence electrons. The zero-order valence-corrected chi connectivity index (χ0v) is 15.3. The first-order valence-corrected chi connectivity index (χ1v) is 10.1. The summed E-state index contributed by atoms with van der Waals surface area (Å²) in [7, 11) is -3.29. The monoisotopic (exact) mass is 394 g/mol. The molecule has 4 nitrogen and oxygen atoms in total. The fraction of sp³-hybridized carbons (Fsp3) is 0.294. The fourth-order valence-electron chi connectivity index (χ4n) is 2.94. The third-order valence-corrected chi connectivity index (χ3v) is 5.84. The molecule has 0 aromatic heterocycles. The molecule has 0 aliphatic carbocycles. The molecule has 0 bridgehead atoms. The van der Waals surface area contributed by atoms with Gasteiger partial charge in [0.2, 0.25) is 10.0 Å². The summed E-state index contributed by atoms with van der Waals surface area (Å²) in [4.78, 5) is 0. The molecule has 0 saturated heterocycles. The molecule has 1 unspecified atom stereocenters. The lowest BCUT2D eigenvalue weighted by Gasteiger charge is -2.34. The Morgan fingerprint density at radius 2 is 1.96 bits per heavy atom. The summed E-state index contributed by atoms with van der Waals surface area (Å²) in [6.45, 7) is 1.02. The number of nitrogens with one attached hydrogen (secondary N) is 1. The lowest BCUT2D eigenvalue weighted by atomic mass is 9.99. The second-order valence-electron chi connectivity index (χ2n) is 5.83. The Labute approximate surface area is 145 Å². The Hall–Kier alpha value is -1.37. The number of sulfonamides is 1. The van der Waals surface area contributed by atoms with E-state index in [1.165, 1.54) is 6.26 Å². The largest absolute Gasteiger partial charge is 0.383 e. The van der Waals surface area contributed by atoms with Crippen LogP contribution in [0.5, 0.6) is 0 Å². The van der Waals surface area contributed by atoms with Crippen LogP contribution in [0.1, 0.15) is 11.1 Å². The highest BCUT2D eigenvalue weighted by Gasteiger charge is 2.30. The minimum absolute atomic E-state index is 0.0907. The van der Waals surface area contributed by atoms with Crippen molar-refractivity contribution >= 4 is 31.6 Å². The van der Waals surface area contributed by atoms with Crippen molar-refractivity contribution in [2.45, 2.75) is 19.0 Å². The van der Waals surface area contributed by atoms with Crippen LogP contribution in [-0.4, -0.2) is 31.6 Å². The molecule has 0 spiro atoms. The van der Waals surface area contributed by atoms with Crippen LogP contribution >= 0.6 is 15.9 Å². The lowest BCUT2D eigenvalue weighted by molar-refractivity contribution is 0.318. The molecule has 6 heteroatoms. The van der Waals surface area contributed by atoms with Gasteiger partial charge < -0.3 is 5.32 Å². The predicted molar refractivity (Wildman–Crippen MR) is 97.0 cm³/mol. The number of fused-ring (bicyclic) bond motifs is 1. The van der Waals surface area contributed by atoms with Crippen LogP contribution in [0.4, 0.5) is 5.69 Å². The van der Waals surface area contributed by atoms with E-state index in [1.54, 1.807) is 4.31 Å². The summed E-state index contributed by atoms with van der Waals surface area (Å²) >= 11 is 3.48. The normalized spacial score (nSPS) is 17.6. The summed E-state index contributed by atoms with van der Waals surface area (Å²) in [5.74, 6) is 0. The van der Waals surface area contributed by atoms with E-state index in [2.05, 4.69) is 27.3 Å². The van der Waals surface area contributed by atoms with Crippen molar-refractivity contribution < 1.29 is 8.42 Å². The smallest absolute Gasteiger partial charge is 0.211 e. The van der Waals surface area contributed by atoms with Gasteiger partial charge in [-0.1, -0.05) is 46.3 Å². The first kappa shape index (κ1) is 16.5. The third-order valence-electron chi connectivity index (χ3n) is 4.07. The molecule has 1 aliphatic heterocycles. The summed E-state index contributed by atoms with van der Waals surface area (Å²) in [6.07, 6.45) is 1.99. The van der Waals surface area contributed by atoms with Crippen molar-refractivity contribution in [1.82, 2.24) is 4.31 Å². The van der Waals surface area contributed by atoms with Crippen LogP contribution in [0.3, 0.4) is 0 Å². The Bertz CT molecular complexity index is 793. The standard InChI is InChI=1S/C17H19BrN2O2S/c1-23(21,22)20(12-13-5-3-2-4-6-13)16-10-14-9-15(18)7-8-17(14)19-11-16/h2-9,16,19H,10-12H2,1H3. The maximum absolute atomic E-state index is 12.3. The molecular weight excluding hydrogens is 376 g/mol. The summed E-state index contributed by atoms with van der Waals surface area (Å²) < 4.78 is 27.2. The van der Waals surface area contributed by atoms with Crippen molar-refractivity contribution in [3.63, 3.8) is 0 Å². The molecule has 1 atom stereocenters. The molecule has 2 aromatic carbocycles. The lowest BCUT2D eigenvalue weighted by Crippen LogP contribution is -2.46. The SMILES string of the molecule is CS(=O)(=O)N(Cc1ccccc1)C1CNc2ccc(Br)cc2C1. The van der Waals surface area contributed by atoms with Gasteiger partial charge in [0, 0.05) is 29.3 Å². The van der Waals surface area contributed by atoms with Crippen molar-refractivity contribution in [2.75, 3.05) is 18.1 Å². The van der Waals surface area contributed by atoms with Gasteiger partial charge in [-0.05, 0) is 35.7 Å². The molecule has 0 saturated carbocycles. The minimum atomic E-state index is -3.29. The number of hydrogen-bond donors (Lipinski definition) is 1. The summed E-state index contributed by atoms with van der Waals surface area (Å²) in [5, 5.41) is 3.35. The van der Waals surface area contributed by atoms with Crippen LogP contribution in [0.2, 0.25) is 0 Å². The second-order valence-corrected chi connectivity index (χ2v) is 8.68. The first-order valence-electron chi connectivity index (χ1n) is 7.46. The van der Waals surface area contributed by atoms with Crippen LogP contribution in [0.25, 0.3) is 0 Å². The molecule has 3 rings (SSSR count). The van der Waals surface area contributed by atoms with E-state index in [0.29, 0.717) is 19.5 Å². The number of halogens is 1. The van der Waals surface area contributed by atoms with Gasteiger partial charge in [-0.25, -0.2) is 8.42 Å². The van der Waals surface area contributed by atoms with Gasteiger partial charge >= 0.3 is 0 Å². The van der Waals surface area contributed by atoms with Crippen molar-refractivity contribution in [3.05, 3.63) is 64.1 Å². The Kier molecular flexibility index (Phi) is 4.75. The van der Waals surface area contributed by atoms with E-state index in [4.69, 9.17) is 0 Å². The number of nitrogens with zero attached hydrogens (tertiary/aromatic N) is 1. The number of hydrogen-bond acceptors (Lipinski definition) is 3. The van der Waals surface area contributed by atoms with Crippen LogP contribution in [-0.2, 0) is 23.0 Å². The number of anilines is 1. The Morgan fingerprint density at radius 3 is 2.65 bits per heavy atom. The van der Waals surface area contributed by atoms with E-state index < -0.39 is 10.0 Å². The van der Waals surface area contributed by atoms with E-state index in [-0.39, 0.29) is 6.04 Å². The molecular formula is C17H19BrN2O2S. The van der Waals surface area contributed by atoms with Gasteiger partial charge in [-0.15, -0.1) is 0 Å². The molecule has 0 radical (unpaired) electrons. The highest BCUT2D eigenvalue weighted by Crippen LogP contribution is 2.28. The van der Waals surface area contributed by atoms with Gasteiger partial charge in [0.1, 0.15) is 0 Å². The molecule has 0 amide bonds. The molecule has 23 heavy (non-hydrogen) atoms. The Morgan fingerprint density at radius 1 is 1.22 bits per heavy atom. The molecule has 1 heterocycles. The van der Waals surface area contributed by atoms with Gasteiger partial charge in [0.15, 0.2) is 0 Å². The van der Waals surface area contributed by atoms with Crippen LogP contribution in [0, 0.1) is 0 Å². The van der Waals surface area contributed by atoms with E-state index in [9.17, 15) is 8.42 Å². The highest BCUT2D eigenvalue weighted by atomic mass is 79.9. The summed E-state index contributed by atoms with van der Waals surface area (Å²) in [6, 6.07) is 15.7. The second kappa shape index (κ2) is 6.63. The third kappa shape index (κ3) is 3.94. The fourth-order valence-corrected chi connectivity index (χ4v) is 4.42. The van der Waals surface area contributed by atoms with Gasteiger partial charge in [-0.3, -0.25) is 0 Å². The van der Waals surface area contributed by atoms with Crippen LogP contribution < -0.4 is 5.32 Å². The molecule has 1 aliphatic rings. The van der Waals surface area contributed by atoms with E-state index >= 15 is 0 Å². The average Bonchev–Trinajstić information content (AvgIpc) is 2.52. The maximum Gasteiger partial charge on any atom is 0.211 e. The van der Waals surface area contributed by atoms with Gasteiger partial charge in [-0.2, -0.15) is 4.31 Å². The minimum Gasteiger partial charge on any atom is -0.383 e. The summed E-state index contributed by atoms with van der Waals surface area (Å²) in [5.41, 5.74) is 3.22. The van der Waals surface area contributed by atoms with Crippen molar-refractivity contribution in [3.8, 4) is 0 Å². The van der Waals surface area contributed by atoms with E-state index in [1.807, 2.05) is 42.5 Å². The number of rotatable bonds is 4. The predicted octanol–water partition coefficient (Wildman–Crippen LogP) is 3.25. The first-order chi connectivity index (χ1) is 10.9. The quantitative estimate of drug-likeness (QED) is 0.865. The van der Waals surface area contributed by atoms with Crippen molar-refractivity contribution in [2.24, 2.45) is 0 Å². The van der Waals surface area contributed by atoms with E-state index in [0.717, 1.165) is 21.3 Å².